The number of benzene rings is 1. The molecule has 4 nitrogen and oxygen atoms in total. The highest BCUT2D eigenvalue weighted by atomic mass is 19.1. The van der Waals surface area contributed by atoms with Crippen LogP contribution in [0.4, 0.5) is 10.1 Å². The monoisotopic (exact) mass is 280 g/mol. The van der Waals surface area contributed by atoms with Crippen LogP contribution < -0.4 is 4.90 Å². The Morgan fingerprint density at radius 3 is 2.50 bits per heavy atom. The second-order valence-electron chi connectivity index (χ2n) is 5.00. The average molecular weight is 280 g/mol. The van der Waals surface area contributed by atoms with Gasteiger partial charge in [-0.25, -0.2) is 4.39 Å². The predicted molar refractivity (Wildman–Crippen MR) is 76.1 cm³/mol. The van der Waals surface area contributed by atoms with Crippen molar-refractivity contribution in [3.05, 3.63) is 30.1 Å². The molecule has 1 heterocycles. The maximum absolute atomic E-state index is 13.7. The van der Waals surface area contributed by atoms with Gasteiger partial charge in [-0.3, -0.25) is 4.79 Å². The minimum absolute atomic E-state index is 0.131. The lowest BCUT2D eigenvalue weighted by Crippen LogP contribution is -2.49. The van der Waals surface area contributed by atoms with E-state index >= 15 is 0 Å². The van der Waals surface area contributed by atoms with Crippen molar-refractivity contribution in [2.24, 2.45) is 0 Å². The van der Waals surface area contributed by atoms with Crippen LogP contribution in [0.2, 0.25) is 0 Å². The molecule has 5 heteroatoms. The van der Waals surface area contributed by atoms with Gasteiger partial charge in [-0.1, -0.05) is 12.1 Å². The number of halogens is 1. The molecule has 1 N–H and O–H groups in total. The Hall–Kier alpha value is -1.62. The molecule has 0 spiro atoms. The summed E-state index contributed by atoms with van der Waals surface area (Å²) in [7, 11) is 0. The zero-order chi connectivity index (χ0) is 14.4. The van der Waals surface area contributed by atoms with Crippen LogP contribution in [0.5, 0.6) is 0 Å². The quantitative estimate of drug-likeness (QED) is 0.834. The van der Waals surface area contributed by atoms with E-state index in [9.17, 15) is 9.18 Å². The van der Waals surface area contributed by atoms with E-state index in [0.717, 1.165) is 6.42 Å². The third kappa shape index (κ3) is 3.70. The predicted octanol–water partition coefficient (Wildman–Crippen LogP) is 1.64. The van der Waals surface area contributed by atoms with Crippen LogP contribution in [0.1, 0.15) is 19.3 Å². The molecule has 0 aromatic heterocycles. The fourth-order valence-electron chi connectivity index (χ4n) is 2.45. The van der Waals surface area contributed by atoms with E-state index in [1.54, 1.807) is 12.1 Å². The second-order valence-corrected chi connectivity index (χ2v) is 5.00. The van der Waals surface area contributed by atoms with Crippen LogP contribution in [0.15, 0.2) is 24.3 Å². The normalized spacial score (nSPS) is 15.5. The number of anilines is 1. The van der Waals surface area contributed by atoms with Crippen LogP contribution in [-0.4, -0.2) is 48.7 Å². The Kier molecular flexibility index (Phi) is 5.35. The number of para-hydroxylation sites is 1. The van der Waals surface area contributed by atoms with Gasteiger partial charge in [0.05, 0.1) is 5.69 Å². The van der Waals surface area contributed by atoms with Gasteiger partial charge in [0.2, 0.25) is 5.91 Å². The number of nitrogens with zero attached hydrogens (tertiary/aromatic N) is 2. The van der Waals surface area contributed by atoms with Gasteiger partial charge in [-0.05, 0) is 25.0 Å². The lowest BCUT2D eigenvalue weighted by atomic mass is 10.2. The molecule has 20 heavy (non-hydrogen) atoms. The van der Waals surface area contributed by atoms with E-state index in [4.69, 9.17) is 5.11 Å². The molecular formula is C15H21FN2O2. The fraction of sp³-hybridized carbons (Fsp3) is 0.533. The van der Waals surface area contributed by atoms with E-state index in [1.807, 2.05) is 15.9 Å². The van der Waals surface area contributed by atoms with Crippen molar-refractivity contribution in [3.63, 3.8) is 0 Å². The molecule has 1 aromatic carbocycles. The molecule has 0 atom stereocenters. The first-order valence-electron chi connectivity index (χ1n) is 7.10. The Labute approximate surface area is 118 Å². The van der Waals surface area contributed by atoms with Crippen molar-refractivity contribution >= 4 is 11.6 Å². The number of hydrogen-bond donors (Lipinski definition) is 1. The van der Waals surface area contributed by atoms with Crippen LogP contribution in [0.3, 0.4) is 0 Å². The van der Waals surface area contributed by atoms with Crippen molar-refractivity contribution in [1.82, 2.24) is 4.90 Å². The van der Waals surface area contributed by atoms with Gasteiger partial charge in [0.15, 0.2) is 0 Å². The summed E-state index contributed by atoms with van der Waals surface area (Å²) in [5, 5.41) is 8.71. The Morgan fingerprint density at radius 1 is 1.15 bits per heavy atom. The maximum Gasteiger partial charge on any atom is 0.222 e. The van der Waals surface area contributed by atoms with Gasteiger partial charge in [-0.15, -0.1) is 0 Å². The molecule has 0 saturated carbocycles. The minimum Gasteiger partial charge on any atom is -0.396 e. The lowest BCUT2D eigenvalue weighted by molar-refractivity contribution is -0.131. The number of rotatable bonds is 5. The summed E-state index contributed by atoms with van der Waals surface area (Å²) in [6.07, 6.45) is 1.88. The van der Waals surface area contributed by atoms with E-state index in [0.29, 0.717) is 44.7 Å². The lowest BCUT2D eigenvalue weighted by Gasteiger charge is -2.36. The Bertz CT molecular complexity index is 445. The third-order valence-electron chi connectivity index (χ3n) is 3.62. The summed E-state index contributed by atoms with van der Waals surface area (Å²) in [4.78, 5) is 15.7. The van der Waals surface area contributed by atoms with E-state index < -0.39 is 0 Å². The Balaban J connectivity index is 1.83. The molecule has 1 aliphatic rings. The van der Waals surface area contributed by atoms with Gasteiger partial charge in [-0.2, -0.15) is 0 Å². The van der Waals surface area contributed by atoms with Crippen molar-refractivity contribution in [2.45, 2.75) is 19.3 Å². The van der Waals surface area contributed by atoms with Gasteiger partial charge in [0.1, 0.15) is 5.82 Å². The molecule has 1 aromatic rings. The number of hydrogen-bond acceptors (Lipinski definition) is 3. The average Bonchev–Trinajstić information content (AvgIpc) is 2.48. The zero-order valence-electron chi connectivity index (χ0n) is 11.6. The van der Waals surface area contributed by atoms with E-state index in [1.165, 1.54) is 6.07 Å². The summed E-state index contributed by atoms with van der Waals surface area (Å²) in [6, 6.07) is 6.74. The number of amides is 1. The molecule has 0 aliphatic carbocycles. The number of carbonyl (C=O) groups is 1. The first-order valence-corrected chi connectivity index (χ1v) is 7.10. The minimum atomic E-state index is -0.213. The summed E-state index contributed by atoms with van der Waals surface area (Å²) >= 11 is 0. The van der Waals surface area contributed by atoms with Crippen LogP contribution in [0, 0.1) is 5.82 Å². The number of aliphatic hydroxyl groups is 1. The topological polar surface area (TPSA) is 43.8 Å². The molecule has 0 radical (unpaired) electrons. The molecular weight excluding hydrogens is 259 g/mol. The fourth-order valence-corrected chi connectivity index (χ4v) is 2.45. The van der Waals surface area contributed by atoms with Crippen LogP contribution >= 0.6 is 0 Å². The number of carbonyl (C=O) groups excluding carboxylic acids is 1. The Morgan fingerprint density at radius 2 is 1.85 bits per heavy atom. The third-order valence-corrected chi connectivity index (χ3v) is 3.62. The molecule has 2 rings (SSSR count). The van der Waals surface area contributed by atoms with Crippen molar-refractivity contribution in [1.29, 1.82) is 0 Å². The van der Waals surface area contributed by atoms with Gasteiger partial charge < -0.3 is 14.9 Å². The number of aliphatic hydroxyl groups excluding tert-OH is 1. The number of piperazine rings is 1. The summed E-state index contributed by atoms with van der Waals surface area (Å²) in [6.45, 7) is 2.71. The summed E-state index contributed by atoms with van der Waals surface area (Å²) < 4.78 is 13.7. The highest BCUT2D eigenvalue weighted by Gasteiger charge is 2.22. The first-order chi connectivity index (χ1) is 9.72. The van der Waals surface area contributed by atoms with Crippen LogP contribution in [0.25, 0.3) is 0 Å². The molecule has 0 bridgehead atoms. The molecule has 1 fully saturated rings. The van der Waals surface area contributed by atoms with Gasteiger partial charge in [0.25, 0.3) is 0 Å². The van der Waals surface area contributed by atoms with Gasteiger partial charge in [0, 0.05) is 39.2 Å². The van der Waals surface area contributed by atoms with E-state index in [-0.39, 0.29) is 18.3 Å². The molecule has 110 valence electrons. The summed E-state index contributed by atoms with van der Waals surface area (Å²) in [5.74, 6) is -0.0816. The zero-order valence-corrected chi connectivity index (χ0v) is 11.6. The molecule has 0 unspecified atom stereocenters. The van der Waals surface area contributed by atoms with Crippen LogP contribution in [-0.2, 0) is 4.79 Å². The smallest absolute Gasteiger partial charge is 0.222 e. The summed E-state index contributed by atoms with van der Waals surface area (Å²) in [5.41, 5.74) is 0.611. The van der Waals surface area contributed by atoms with Crippen molar-refractivity contribution in [3.8, 4) is 0 Å². The molecule has 1 amide bonds. The van der Waals surface area contributed by atoms with Gasteiger partial charge >= 0.3 is 0 Å². The SMILES string of the molecule is O=C(CCCCO)N1CCN(c2ccccc2F)CC1. The first kappa shape index (κ1) is 14.8. The second kappa shape index (κ2) is 7.24. The highest BCUT2D eigenvalue weighted by Crippen LogP contribution is 2.20. The highest BCUT2D eigenvalue weighted by molar-refractivity contribution is 5.76. The number of unbranched alkanes of at least 4 members (excludes halogenated alkanes) is 1. The largest absolute Gasteiger partial charge is 0.396 e. The standard InChI is InChI=1S/C15H21FN2O2/c16-13-5-1-2-6-14(13)17-8-10-18(11-9-17)15(20)7-3-4-12-19/h1-2,5-6,19H,3-4,7-12H2. The van der Waals surface area contributed by atoms with E-state index in [2.05, 4.69) is 0 Å². The maximum atomic E-state index is 13.7. The molecule has 1 aliphatic heterocycles. The van der Waals surface area contributed by atoms with Crippen molar-refractivity contribution in [2.75, 3.05) is 37.7 Å². The molecule has 1 saturated heterocycles. The van der Waals surface area contributed by atoms with Crippen molar-refractivity contribution < 1.29 is 14.3 Å².